The highest BCUT2D eigenvalue weighted by Gasteiger charge is 2.27. The number of piperidine rings is 1. The largest absolute Gasteiger partial charge is 0.497 e. The molecule has 1 atom stereocenters. The minimum absolute atomic E-state index is 0.0384. The van der Waals surface area contributed by atoms with E-state index < -0.39 is 0 Å². The zero-order chi connectivity index (χ0) is 21.4. The smallest absolute Gasteiger partial charge is 0.231 e. The molecule has 0 bridgehead atoms. The lowest BCUT2D eigenvalue weighted by Gasteiger charge is -2.34. The van der Waals surface area contributed by atoms with E-state index in [-0.39, 0.29) is 11.8 Å². The van der Waals surface area contributed by atoms with Gasteiger partial charge in [0, 0.05) is 30.4 Å². The lowest BCUT2D eigenvalue weighted by atomic mass is 9.96. The molecule has 0 saturated carbocycles. The molecule has 1 unspecified atom stereocenters. The summed E-state index contributed by atoms with van der Waals surface area (Å²) < 4.78 is 6.50. The van der Waals surface area contributed by atoms with Crippen LogP contribution in [0.4, 0.5) is 10.8 Å². The van der Waals surface area contributed by atoms with Gasteiger partial charge in [-0.25, -0.2) is 4.98 Å². The molecule has 158 valence electrons. The molecule has 4 aromatic rings. The summed E-state index contributed by atoms with van der Waals surface area (Å²) in [7, 11) is 1.67. The number of methoxy groups -OCH3 is 1. The maximum atomic E-state index is 13.0. The second-order valence-corrected chi connectivity index (χ2v) is 9.01. The van der Waals surface area contributed by atoms with Crippen LogP contribution in [0.2, 0.25) is 0 Å². The lowest BCUT2D eigenvalue weighted by Crippen LogP contribution is -2.40. The van der Waals surface area contributed by atoms with Gasteiger partial charge in [0.15, 0.2) is 5.13 Å². The number of anilines is 2. The van der Waals surface area contributed by atoms with Gasteiger partial charge in [0.1, 0.15) is 5.75 Å². The summed E-state index contributed by atoms with van der Waals surface area (Å²) >= 11 is 1.53. The number of carbonyl (C=O) groups is 1. The third-order valence-corrected chi connectivity index (χ3v) is 6.77. The van der Waals surface area contributed by atoms with Crippen LogP contribution < -0.4 is 15.0 Å². The number of thiazole rings is 1. The second kappa shape index (κ2) is 8.15. The molecule has 1 fully saturated rings. The Balaban J connectivity index is 1.36. The summed E-state index contributed by atoms with van der Waals surface area (Å²) in [6.07, 6.45) is 3.67. The summed E-state index contributed by atoms with van der Waals surface area (Å²) in [4.78, 5) is 24.4. The van der Waals surface area contributed by atoms with Crippen LogP contribution in [0.3, 0.4) is 0 Å². The molecular formula is C24H24N4O2S. The van der Waals surface area contributed by atoms with Gasteiger partial charge >= 0.3 is 0 Å². The zero-order valence-corrected chi connectivity index (χ0v) is 18.4. The van der Waals surface area contributed by atoms with Crippen LogP contribution in [0, 0.1) is 12.8 Å². The fourth-order valence-electron chi connectivity index (χ4n) is 4.22. The minimum atomic E-state index is -0.0867. The van der Waals surface area contributed by atoms with Gasteiger partial charge in [-0.05, 0) is 61.7 Å². The first-order chi connectivity index (χ1) is 15.1. The number of benzene rings is 2. The molecule has 31 heavy (non-hydrogen) atoms. The van der Waals surface area contributed by atoms with E-state index in [1.807, 2.05) is 42.6 Å². The average Bonchev–Trinajstić information content (AvgIpc) is 3.19. The van der Waals surface area contributed by atoms with Gasteiger partial charge in [0.05, 0.1) is 28.8 Å². The number of aromatic nitrogens is 2. The van der Waals surface area contributed by atoms with E-state index in [0.717, 1.165) is 51.9 Å². The average molecular weight is 433 g/mol. The van der Waals surface area contributed by atoms with Gasteiger partial charge in [0.2, 0.25) is 5.91 Å². The molecule has 1 saturated heterocycles. The molecule has 0 spiro atoms. The monoisotopic (exact) mass is 432 g/mol. The Morgan fingerprint density at radius 3 is 2.94 bits per heavy atom. The van der Waals surface area contributed by atoms with E-state index in [4.69, 9.17) is 4.74 Å². The first kappa shape index (κ1) is 19.8. The Hall–Kier alpha value is -3.19. The number of nitrogens with zero attached hydrogens (tertiary/aromatic N) is 3. The van der Waals surface area contributed by atoms with Crippen molar-refractivity contribution < 1.29 is 9.53 Å². The van der Waals surface area contributed by atoms with Crippen LogP contribution >= 0.6 is 11.3 Å². The highest BCUT2D eigenvalue weighted by molar-refractivity contribution is 7.22. The highest BCUT2D eigenvalue weighted by atomic mass is 32.1. The minimum Gasteiger partial charge on any atom is -0.497 e. The van der Waals surface area contributed by atoms with Gasteiger partial charge in [-0.15, -0.1) is 0 Å². The molecule has 2 aromatic carbocycles. The van der Waals surface area contributed by atoms with Gasteiger partial charge in [-0.2, -0.15) is 0 Å². The third-order valence-electron chi connectivity index (χ3n) is 5.83. The predicted molar refractivity (Wildman–Crippen MR) is 126 cm³/mol. The predicted octanol–water partition coefficient (Wildman–Crippen LogP) is 5.02. The van der Waals surface area contributed by atoms with E-state index in [9.17, 15) is 4.79 Å². The Morgan fingerprint density at radius 1 is 1.19 bits per heavy atom. The van der Waals surface area contributed by atoms with E-state index in [2.05, 4.69) is 33.2 Å². The zero-order valence-electron chi connectivity index (χ0n) is 17.6. The molecule has 1 N–H and O–H groups in total. The van der Waals surface area contributed by atoms with Gasteiger partial charge in [-0.3, -0.25) is 9.78 Å². The molecule has 0 aliphatic carbocycles. The number of carbonyl (C=O) groups excluding carboxylic acids is 1. The van der Waals surface area contributed by atoms with Crippen molar-refractivity contribution in [3.05, 3.63) is 54.2 Å². The summed E-state index contributed by atoms with van der Waals surface area (Å²) in [6, 6.07) is 14.1. The summed E-state index contributed by atoms with van der Waals surface area (Å²) in [5, 5.41) is 4.77. The van der Waals surface area contributed by atoms with Crippen LogP contribution in [0.1, 0.15) is 18.4 Å². The first-order valence-electron chi connectivity index (χ1n) is 10.5. The van der Waals surface area contributed by atoms with Crippen molar-refractivity contribution in [1.82, 2.24) is 9.97 Å². The molecular weight excluding hydrogens is 408 g/mol. The van der Waals surface area contributed by atoms with E-state index in [1.165, 1.54) is 16.9 Å². The Kier molecular flexibility index (Phi) is 5.19. The molecule has 6 nitrogen and oxygen atoms in total. The molecule has 2 aromatic heterocycles. The SMILES string of the molecule is COc1ccc2nccc(N3CCCC(C(=O)Nc4nc5ccc(C)cc5s4)C3)c2c1. The number of amides is 1. The third kappa shape index (κ3) is 3.93. The Bertz CT molecular complexity index is 1270. The van der Waals surface area contributed by atoms with Crippen LogP contribution in [0.5, 0.6) is 5.75 Å². The summed E-state index contributed by atoms with van der Waals surface area (Å²) in [6.45, 7) is 3.65. The van der Waals surface area contributed by atoms with Crippen molar-refractivity contribution in [3.8, 4) is 5.75 Å². The Morgan fingerprint density at radius 2 is 2.06 bits per heavy atom. The number of aryl methyl sites for hydroxylation is 1. The quantitative estimate of drug-likeness (QED) is 0.491. The Labute approximate surface area is 184 Å². The van der Waals surface area contributed by atoms with Crippen molar-refractivity contribution in [3.63, 3.8) is 0 Å². The van der Waals surface area contributed by atoms with Crippen molar-refractivity contribution in [2.75, 3.05) is 30.4 Å². The molecule has 1 amide bonds. The van der Waals surface area contributed by atoms with Crippen LogP contribution in [0.25, 0.3) is 21.1 Å². The second-order valence-electron chi connectivity index (χ2n) is 7.98. The number of hydrogen-bond donors (Lipinski definition) is 1. The summed E-state index contributed by atoms with van der Waals surface area (Å²) in [5.74, 6) is 0.756. The van der Waals surface area contributed by atoms with E-state index in [0.29, 0.717) is 11.7 Å². The number of pyridine rings is 1. The number of ether oxygens (including phenoxy) is 1. The molecule has 1 aliphatic heterocycles. The van der Waals surface area contributed by atoms with Crippen molar-refractivity contribution in [2.45, 2.75) is 19.8 Å². The number of fused-ring (bicyclic) bond motifs is 2. The normalized spacial score (nSPS) is 16.6. The van der Waals surface area contributed by atoms with Crippen LogP contribution in [0.15, 0.2) is 48.7 Å². The highest BCUT2D eigenvalue weighted by Crippen LogP contribution is 2.32. The van der Waals surface area contributed by atoms with Crippen molar-refractivity contribution in [1.29, 1.82) is 0 Å². The van der Waals surface area contributed by atoms with Crippen molar-refractivity contribution >= 4 is 49.2 Å². The number of nitrogens with one attached hydrogen (secondary N) is 1. The van der Waals surface area contributed by atoms with Crippen molar-refractivity contribution in [2.24, 2.45) is 5.92 Å². The molecule has 7 heteroatoms. The number of hydrogen-bond acceptors (Lipinski definition) is 6. The molecule has 5 rings (SSSR count). The van der Waals surface area contributed by atoms with Gasteiger partial charge < -0.3 is 15.0 Å². The van der Waals surface area contributed by atoms with Crippen LogP contribution in [-0.4, -0.2) is 36.1 Å². The van der Waals surface area contributed by atoms with E-state index in [1.54, 1.807) is 7.11 Å². The topological polar surface area (TPSA) is 67.3 Å². The molecule has 0 radical (unpaired) electrons. The maximum Gasteiger partial charge on any atom is 0.231 e. The first-order valence-corrected chi connectivity index (χ1v) is 11.3. The van der Waals surface area contributed by atoms with E-state index >= 15 is 0 Å². The molecule has 1 aliphatic rings. The summed E-state index contributed by atoms with van der Waals surface area (Å²) in [5.41, 5.74) is 4.14. The van der Waals surface area contributed by atoms with Crippen LogP contribution in [-0.2, 0) is 4.79 Å². The fraction of sp³-hybridized carbons (Fsp3) is 0.292. The number of rotatable bonds is 4. The van der Waals surface area contributed by atoms with Gasteiger partial charge in [0.25, 0.3) is 0 Å². The fourth-order valence-corrected chi connectivity index (χ4v) is 5.18. The lowest BCUT2D eigenvalue weighted by molar-refractivity contribution is -0.120. The standard InChI is InChI=1S/C24H24N4O2S/c1-15-5-7-20-22(12-15)31-24(26-20)27-23(29)16-4-3-11-28(14-16)21-9-10-25-19-8-6-17(30-2)13-18(19)21/h5-10,12-13,16H,3-4,11,14H2,1-2H3,(H,26,27,29). The molecule has 3 heterocycles. The van der Waals surface area contributed by atoms with Gasteiger partial charge in [-0.1, -0.05) is 17.4 Å². The maximum absolute atomic E-state index is 13.0.